The first kappa shape index (κ1) is 17.6. The lowest BCUT2D eigenvalue weighted by atomic mass is 9.86. The van der Waals surface area contributed by atoms with Crippen molar-refractivity contribution in [1.29, 1.82) is 0 Å². The number of unbranched alkanes of at least 4 members (excludes halogenated alkanes) is 4. The van der Waals surface area contributed by atoms with Crippen LogP contribution in [0.15, 0.2) is 0 Å². The molecule has 2 nitrogen and oxygen atoms in total. The van der Waals surface area contributed by atoms with E-state index in [1.165, 1.54) is 38.5 Å². The molecular weight excluding hydrogens is 224 g/mol. The van der Waals surface area contributed by atoms with Gasteiger partial charge in [0.2, 0.25) is 0 Å². The molecule has 0 fully saturated rings. The van der Waals surface area contributed by atoms with E-state index in [1.807, 2.05) is 0 Å². The first-order chi connectivity index (χ1) is 8.71. The number of hydrogen-bond acceptors (Lipinski definition) is 2. The molecule has 108 valence electrons. The maximum absolute atomic E-state index is 11.3. The maximum Gasteiger partial charge on any atom is 0.125 e. The Bertz CT molecular complexity index is 192. The Morgan fingerprint density at radius 2 is 1.56 bits per heavy atom. The Morgan fingerprint density at radius 1 is 1.00 bits per heavy atom. The van der Waals surface area contributed by atoms with Gasteiger partial charge in [-0.2, -0.15) is 0 Å². The minimum atomic E-state index is 0.0816. The molecule has 0 aliphatic carbocycles. The van der Waals surface area contributed by atoms with Gasteiger partial charge in [-0.25, -0.2) is 0 Å². The van der Waals surface area contributed by atoms with Crippen molar-refractivity contribution in [1.82, 2.24) is 0 Å². The van der Waals surface area contributed by atoms with Gasteiger partial charge in [-0.05, 0) is 18.8 Å². The monoisotopic (exact) mass is 256 g/mol. The second kappa shape index (κ2) is 11.7. The first-order valence-electron chi connectivity index (χ1n) is 7.69. The number of carbonyl (C=O) groups excluding carboxylic acids is 1. The summed E-state index contributed by atoms with van der Waals surface area (Å²) < 4.78 is 5.60. The molecule has 0 aliphatic heterocycles. The van der Waals surface area contributed by atoms with E-state index in [1.54, 1.807) is 7.11 Å². The topological polar surface area (TPSA) is 26.3 Å². The molecular formula is C16H32O2. The Kier molecular flexibility index (Phi) is 11.5. The quantitative estimate of drug-likeness (QED) is 0.376. The number of carbonyl (C=O) groups is 1. The van der Waals surface area contributed by atoms with Gasteiger partial charge < -0.3 is 9.53 Å². The van der Waals surface area contributed by atoms with Crippen molar-refractivity contribution < 1.29 is 9.53 Å². The highest BCUT2D eigenvalue weighted by Gasteiger charge is 2.25. The van der Waals surface area contributed by atoms with Gasteiger partial charge in [-0.3, -0.25) is 0 Å². The minimum absolute atomic E-state index is 0.0816. The standard InChI is InChI=1S/C16H32O2/c1-5-7-9-11-14(3)16(18-4)15(13-17)12-10-8-6-2/h13-16H,5-12H2,1-4H3. The van der Waals surface area contributed by atoms with Crippen molar-refractivity contribution in [3.05, 3.63) is 0 Å². The van der Waals surface area contributed by atoms with Crippen LogP contribution in [0.25, 0.3) is 0 Å². The van der Waals surface area contributed by atoms with Crippen molar-refractivity contribution in [3.8, 4) is 0 Å². The summed E-state index contributed by atoms with van der Waals surface area (Å²) in [6.45, 7) is 6.63. The Hall–Kier alpha value is -0.370. The summed E-state index contributed by atoms with van der Waals surface area (Å²) in [7, 11) is 1.75. The normalized spacial score (nSPS) is 16.2. The fraction of sp³-hybridized carbons (Fsp3) is 0.938. The fourth-order valence-corrected chi connectivity index (χ4v) is 2.65. The number of methoxy groups -OCH3 is 1. The molecule has 0 spiro atoms. The van der Waals surface area contributed by atoms with Crippen LogP contribution in [0, 0.1) is 11.8 Å². The number of aldehydes is 1. The summed E-state index contributed by atoms with van der Waals surface area (Å²) in [6, 6.07) is 0. The molecule has 0 amide bonds. The molecule has 0 aromatic carbocycles. The third-order valence-corrected chi connectivity index (χ3v) is 3.83. The SMILES string of the molecule is CCCCCC(C)C(OC)C(C=O)CCCCC. The van der Waals surface area contributed by atoms with E-state index < -0.39 is 0 Å². The van der Waals surface area contributed by atoms with Gasteiger partial charge >= 0.3 is 0 Å². The van der Waals surface area contributed by atoms with Crippen LogP contribution in [0.1, 0.15) is 72.1 Å². The third kappa shape index (κ3) is 7.15. The Labute approximate surface area is 113 Å². The molecule has 3 atom stereocenters. The van der Waals surface area contributed by atoms with Crippen molar-refractivity contribution in [2.75, 3.05) is 7.11 Å². The van der Waals surface area contributed by atoms with Crippen molar-refractivity contribution in [3.63, 3.8) is 0 Å². The van der Waals surface area contributed by atoms with Gasteiger partial charge in [-0.1, -0.05) is 59.3 Å². The summed E-state index contributed by atoms with van der Waals surface area (Å²) in [5.74, 6) is 0.566. The predicted molar refractivity (Wildman–Crippen MR) is 77.8 cm³/mol. The molecule has 18 heavy (non-hydrogen) atoms. The van der Waals surface area contributed by atoms with Crippen LogP contribution in [0.2, 0.25) is 0 Å². The molecule has 0 N–H and O–H groups in total. The number of hydrogen-bond donors (Lipinski definition) is 0. The average molecular weight is 256 g/mol. The van der Waals surface area contributed by atoms with E-state index in [0.717, 1.165) is 19.1 Å². The highest BCUT2D eigenvalue weighted by atomic mass is 16.5. The summed E-state index contributed by atoms with van der Waals surface area (Å²) in [6.07, 6.45) is 10.7. The molecule has 0 saturated heterocycles. The zero-order chi connectivity index (χ0) is 13.8. The smallest absolute Gasteiger partial charge is 0.125 e. The zero-order valence-corrected chi connectivity index (χ0v) is 12.8. The molecule has 0 radical (unpaired) electrons. The van der Waals surface area contributed by atoms with E-state index in [0.29, 0.717) is 5.92 Å². The van der Waals surface area contributed by atoms with Crippen LogP contribution in [0.5, 0.6) is 0 Å². The summed E-state index contributed by atoms with van der Waals surface area (Å²) in [5, 5.41) is 0. The number of ether oxygens (including phenoxy) is 1. The van der Waals surface area contributed by atoms with E-state index in [4.69, 9.17) is 4.74 Å². The Balaban J connectivity index is 4.17. The molecule has 2 heteroatoms. The molecule has 0 saturated carbocycles. The van der Waals surface area contributed by atoms with Crippen LogP contribution in [0.3, 0.4) is 0 Å². The van der Waals surface area contributed by atoms with Gasteiger partial charge in [0.05, 0.1) is 6.10 Å². The van der Waals surface area contributed by atoms with Gasteiger partial charge in [0.25, 0.3) is 0 Å². The number of rotatable bonds is 12. The second-order valence-corrected chi connectivity index (χ2v) is 5.47. The maximum atomic E-state index is 11.3. The molecule has 0 heterocycles. The lowest BCUT2D eigenvalue weighted by Gasteiger charge is -2.27. The lowest BCUT2D eigenvalue weighted by molar-refractivity contribution is -0.117. The average Bonchev–Trinajstić information content (AvgIpc) is 2.38. The van der Waals surface area contributed by atoms with Gasteiger partial charge in [0.1, 0.15) is 6.29 Å². The van der Waals surface area contributed by atoms with Crippen LogP contribution < -0.4 is 0 Å². The van der Waals surface area contributed by atoms with Gasteiger partial charge in [-0.15, -0.1) is 0 Å². The molecule has 0 aliphatic rings. The third-order valence-electron chi connectivity index (χ3n) is 3.83. The van der Waals surface area contributed by atoms with Crippen LogP contribution in [-0.4, -0.2) is 19.5 Å². The lowest BCUT2D eigenvalue weighted by Crippen LogP contribution is -2.31. The van der Waals surface area contributed by atoms with E-state index >= 15 is 0 Å². The summed E-state index contributed by atoms with van der Waals surface area (Å²) in [4.78, 5) is 11.3. The van der Waals surface area contributed by atoms with E-state index in [-0.39, 0.29) is 12.0 Å². The summed E-state index contributed by atoms with van der Waals surface area (Å²) >= 11 is 0. The molecule has 0 aromatic rings. The van der Waals surface area contributed by atoms with Crippen molar-refractivity contribution >= 4 is 6.29 Å². The molecule has 0 aromatic heterocycles. The molecule has 3 unspecified atom stereocenters. The first-order valence-corrected chi connectivity index (χ1v) is 7.69. The van der Waals surface area contributed by atoms with E-state index in [9.17, 15) is 4.79 Å². The fourth-order valence-electron chi connectivity index (χ4n) is 2.65. The molecule has 0 bridgehead atoms. The molecule has 0 rings (SSSR count). The zero-order valence-electron chi connectivity index (χ0n) is 12.8. The predicted octanol–water partition coefficient (Wildman–Crippen LogP) is 4.61. The van der Waals surface area contributed by atoms with Crippen molar-refractivity contribution in [2.45, 2.75) is 78.2 Å². The Morgan fingerprint density at radius 3 is 2.00 bits per heavy atom. The van der Waals surface area contributed by atoms with Crippen LogP contribution in [-0.2, 0) is 9.53 Å². The second-order valence-electron chi connectivity index (χ2n) is 5.47. The highest BCUT2D eigenvalue weighted by Crippen LogP contribution is 2.24. The van der Waals surface area contributed by atoms with Gasteiger partial charge in [0, 0.05) is 13.0 Å². The highest BCUT2D eigenvalue weighted by molar-refractivity contribution is 5.54. The van der Waals surface area contributed by atoms with Gasteiger partial charge in [0.15, 0.2) is 0 Å². The van der Waals surface area contributed by atoms with Crippen LogP contribution >= 0.6 is 0 Å². The largest absolute Gasteiger partial charge is 0.380 e. The van der Waals surface area contributed by atoms with Crippen molar-refractivity contribution in [2.24, 2.45) is 11.8 Å². The van der Waals surface area contributed by atoms with E-state index in [2.05, 4.69) is 20.8 Å². The van der Waals surface area contributed by atoms with Crippen LogP contribution in [0.4, 0.5) is 0 Å². The minimum Gasteiger partial charge on any atom is -0.380 e. The summed E-state index contributed by atoms with van der Waals surface area (Å²) in [5.41, 5.74) is 0.